The van der Waals surface area contributed by atoms with Crippen LogP contribution in [0.2, 0.25) is 0 Å². The lowest BCUT2D eigenvalue weighted by molar-refractivity contribution is -0.118. The van der Waals surface area contributed by atoms with Crippen LogP contribution < -0.4 is 10.1 Å². The number of nitrogens with one attached hydrogen (secondary N) is 1. The average molecular weight is 403 g/mol. The molecule has 0 saturated carbocycles. The highest BCUT2D eigenvalue weighted by Gasteiger charge is 2.26. The number of nitrogens with zero attached hydrogens (tertiary/aromatic N) is 4. The van der Waals surface area contributed by atoms with Crippen LogP contribution in [0.5, 0.6) is 5.75 Å². The van der Waals surface area contributed by atoms with Crippen LogP contribution in [0.4, 0.5) is 10.1 Å². The molecule has 0 aliphatic rings. The molecule has 1 amide bonds. The van der Waals surface area contributed by atoms with Crippen LogP contribution in [0.25, 0.3) is 11.4 Å². The number of carbonyl (C=O) groups excluding carboxylic acids is 1. The van der Waals surface area contributed by atoms with Crippen molar-refractivity contribution in [3.8, 4) is 17.1 Å². The molecule has 8 heteroatoms. The highest BCUT2D eigenvalue weighted by atomic mass is 19.1. The first-order valence-electron chi connectivity index (χ1n) is 9.19. The molecule has 4 aromatic rings. The lowest BCUT2D eigenvalue weighted by atomic mass is 10.1. The van der Waals surface area contributed by atoms with E-state index in [1.165, 1.54) is 29.1 Å². The number of amides is 1. The molecule has 0 spiro atoms. The van der Waals surface area contributed by atoms with Gasteiger partial charge in [0, 0.05) is 11.3 Å². The van der Waals surface area contributed by atoms with Crippen LogP contribution in [-0.2, 0) is 4.79 Å². The Morgan fingerprint density at radius 2 is 1.80 bits per heavy atom. The number of hydrogen-bond donors (Lipinski definition) is 1. The molecule has 1 atom stereocenters. The molecule has 1 aromatic heterocycles. The number of anilines is 1. The van der Waals surface area contributed by atoms with Gasteiger partial charge in [0.1, 0.15) is 11.6 Å². The number of rotatable bonds is 6. The van der Waals surface area contributed by atoms with Crippen molar-refractivity contribution in [3.05, 3.63) is 90.2 Å². The Bertz CT molecular complexity index is 1150. The van der Waals surface area contributed by atoms with Crippen molar-refractivity contribution in [2.45, 2.75) is 6.04 Å². The lowest BCUT2D eigenvalue weighted by Gasteiger charge is -2.16. The van der Waals surface area contributed by atoms with Gasteiger partial charge in [0.2, 0.25) is 5.82 Å². The van der Waals surface area contributed by atoms with Crippen LogP contribution >= 0.6 is 0 Å². The second kappa shape index (κ2) is 8.52. The van der Waals surface area contributed by atoms with E-state index in [1.54, 1.807) is 13.2 Å². The summed E-state index contributed by atoms with van der Waals surface area (Å²) in [6, 6.07) is 21.1. The fraction of sp³-hybridized carbons (Fsp3) is 0.0909. The van der Waals surface area contributed by atoms with Gasteiger partial charge in [0.05, 0.1) is 7.11 Å². The van der Waals surface area contributed by atoms with E-state index >= 15 is 0 Å². The molecule has 150 valence electrons. The minimum Gasteiger partial charge on any atom is -0.497 e. The third kappa shape index (κ3) is 4.17. The van der Waals surface area contributed by atoms with Gasteiger partial charge in [-0.3, -0.25) is 4.79 Å². The zero-order chi connectivity index (χ0) is 20.9. The van der Waals surface area contributed by atoms with E-state index in [9.17, 15) is 9.18 Å². The zero-order valence-electron chi connectivity index (χ0n) is 16.1. The van der Waals surface area contributed by atoms with Crippen molar-refractivity contribution in [1.29, 1.82) is 0 Å². The van der Waals surface area contributed by atoms with Crippen molar-refractivity contribution in [3.63, 3.8) is 0 Å². The quantitative estimate of drug-likeness (QED) is 0.531. The van der Waals surface area contributed by atoms with Gasteiger partial charge in [-0.1, -0.05) is 42.5 Å². The molecular weight excluding hydrogens is 385 g/mol. The van der Waals surface area contributed by atoms with Crippen LogP contribution in [0, 0.1) is 5.82 Å². The number of methoxy groups -OCH3 is 1. The number of aromatic nitrogens is 4. The van der Waals surface area contributed by atoms with E-state index < -0.39 is 6.04 Å². The Morgan fingerprint density at radius 3 is 2.53 bits per heavy atom. The van der Waals surface area contributed by atoms with Gasteiger partial charge in [-0.2, -0.15) is 0 Å². The first kappa shape index (κ1) is 19.3. The average Bonchev–Trinajstić information content (AvgIpc) is 3.26. The molecular formula is C22H18FN5O2. The van der Waals surface area contributed by atoms with Crippen LogP contribution in [0.1, 0.15) is 11.6 Å². The summed E-state index contributed by atoms with van der Waals surface area (Å²) in [6.07, 6.45) is 0. The summed E-state index contributed by atoms with van der Waals surface area (Å²) in [5.41, 5.74) is 1.87. The first-order valence-corrected chi connectivity index (χ1v) is 9.19. The molecule has 0 saturated heterocycles. The predicted molar refractivity (Wildman–Crippen MR) is 109 cm³/mol. The fourth-order valence-corrected chi connectivity index (χ4v) is 2.98. The van der Waals surface area contributed by atoms with Crippen LogP contribution in [0.3, 0.4) is 0 Å². The number of benzene rings is 3. The summed E-state index contributed by atoms with van der Waals surface area (Å²) in [5, 5.41) is 15.4. The van der Waals surface area contributed by atoms with Crippen LogP contribution in [0.15, 0.2) is 78.9 Å². The van der Waals surface area contributed by atoms with Crippen molar-refractivity contribution in [2.24, 2.45) is 0 Å². The summed E-state index contributed by atoms with van der Waals surface area (Å²) in [5.74, 6) is 0.276. The Labute approximate surface area is 172 Å². The highest BCUT2D eigenvalue weighted by molar-refractivity contribution is 5.95. The molecule has 7 nitrogen and oxygen atoms in total. The Hall–Kier alpha value is -4.07. The van der Waals surface area contributed by atoms with E-state index in [1.807, 2.05) is 48.5 Å². The van der Waals surface area contributed by atoms with Gasteiger partial charge in [-0.15, -0.1) is 15.0 Å². The maximum Gasteiger partial charge on any atom is 0.255 e. The summed E-state index contributed by atoms with van der Waals surface area (Å²) >= 11 is 0. The number of hydrogen-bond acceptors (Lipinski definition) is 5. The monoisotopic (exact) mass is 403 g/mol. The standard InChI is InChI=1S/C22H18FN5O2/c1-30-19-9-5-8-16(14-19)21-25-27-28(26-21)20(15-6-3-2-4-7-15)22(29)24-18-12-10-17(23)11-13-18/h2-14,20H,1H3,(H,24,29). The highest BCUT2D eigenvalue weighted by Crippen LogP contribution is 2.23. The molecule has 0 radical (unpaired) electrons. The second-order valence-electron chi connectivity index (χ2n) is 6.47. The smallest absolute Gasteiger partial charge is 0.255 e. The van der Waals surface area contributed by atoms with Crippen molar-refractivity contribution in [2.75, 3.05) is 12.4 Å². The number of carbonyl (C=O) groups is 1. The maximum absolute atomic E-state index is 13.2. The van der Waals surface area contributed by atoms with Gasteiger partial charge < -0.3 is 10.1 Å². The molecule has 0 aliphatic heterocycles. The first-order chi connectivity index (χ1) is 14.6. The molecule has 1 unspecified atom stereocenters. The molecule has 1 N–H and O–H groups in total. The molecule has 30 heavy (non-hydrogen) atoms. The predicted octanol–water partition coefficient (Wildman–Crippen LogP) is 3.72. The second-order valence-corrected chi connectivity index (χ2v) is 6.47. The normalized spacial score (nSPS) is 11.7. The molecule has 0 aliphatic carbocycles. The van der Waals surface area contributed by atoms with Crippen molar-refractivity contribution in [1.82, 2.24) is 20.2 Å². The largest absolute Gasteiger partial charge is 0.497 e. The fourth-order valence-electron chi connectivity index (χ4n) is 2.98. The Kier molecular flexibility index (Phi) is 5.47. The van der Waals surface area contributed by atoms with Gasteiger partial charge in [0.25, 0.3) is 5.91 Å². The Balaban J connectivity index is 1.67. The molecule has 4 rings (SSSR count). The summed E-state index contributed by atoms with van der Waals surface area (Å²) < 4.78 is 18.4. The number of tetrazole rings is 1. The third-order valence-corrected chi connectivity index (χ3v) is 4.46. The zero-order valence-corrected chi connectivity index (χ0v) is 16.1. The lowest BCUT2D eigenvalue weighted by Crippen LogP contribution is -2.28. The van der Waals surface area contributed by atoms with Crippen molar-refractivity contribution < 1.29 is 13.9 Å². The van der Waals surface area contributed by atoms with E-state index in [0.29, 0.717) is 28.4 Å². The third-order valence-electron chi connectivity index (χ3n) is 4.46. The molecule has 0 bridgehead atoms. The van der Waals surface area contributed by atoms with E-state index in [4.69, 9.17) is 4.74 Å². The topological polar surface area (TPSA) is 81.9 Å². The molecule has 0 fully saturated rings. The summed E-state index contributed by atoms with van der Waals surface area (Å²) in [7, 11) is 1.58. The van der Waals surface area contributed by atoms with Gasteiger partial charge in [0.15, 0.2) is 6.04 Å². The number of ether oxygens (including phenoxy) is 1. The maximum atomic E-state index is 13.2. The van der Waals surface area contributed by atoms with Gasteiger partial charge >= 0.3 is 0 Å². The number of halogens is 1. The van der Waals surface area contributed by atoms with Crippen LogP contribution in [-0.4, -0.2) is 33.2 Å². The Morgan fingerprint density at radius 1 is 1.03 bits per heavy atom. The van der Waals surface area contributed by atoms with Gasteiger partial charge in [-0.05, 0) is 47.2 Å². The van der Waals surface area contributed by atoms with E-state index in [0.717, 1.165) is 0 Å². The van der Waals surface area contributed by atoms with E-state index in [-0.39, 0.29) is 11.7 Å². The minimum atomic E-state index is -0.858. The van der Waals surface area contributed by atoms with E-state index in [2.05, 4.69) is 20.7 Å². The summed E-state index contributed by atoms with van der Waals surface area (Å²) in [6.45, 7) is 0. The minimum absolute atomic E-state index is 0.365. The summed E-state index contributed by atoms with van der Waals surface area (Å²) in [4.78, 5) is 14.4. The van der Waals surface area contributed by atoms with Gasteiger partial charge in [-0.25, -0.2) is 4.39 Å². The SMILES string of the molecule is COc1cccc(-c2nnn(C(C(=O)Nc3ccc(F)cc3)c3ccccc3)n2)c1. The molecule has 3 aromatic carbocycles. The van der Waals surface area contributed by atoms with Crippen molar-refractivity contribution >= 4 is 11.6 Å². The molecule has 1 heterocycles.